The molecule has 0 bridgehead atoms. The summed E-state index contributed by atoms with van der Waals surface area (Å²) in [5.41, 5.74) is 0.0323. The number of benzene rings is 1. The Bertz CT molecular complexity index is 792. The lowest BCUT2D eigenvalue weighted by Gasteiger charge is -2.26. The molecule has 150 valence electrons. The van der Waals surface area contributed by atoms with Gasteiger partial charge in [0.05, 0.1) is 15.5 Å². The zero-order valence-corrected chi connectivity index (χ0v) is 17.2. The molecule has 1 saturated heterocycles. The van der Waals surface area contributed by atoms with Crippen LogP contribution in [0.25, 0.3) is 0 Å². The molecule has 1 heterocycles. The molecule has 0 spiro atoms. The molecule has 1 fully saturated rings. The summed E-state index contributed by atoms with van der Waals surface area (Å²) in [6.45, 7) is 4.95. The highest BCUT2D eigenvalue weighted by atomic mass is 35.5. The van der Waals surface area contributed by atoms with Gasteiger partial charge in [-0.2, -0.15) is 4.31 Å². The van der Waals surface area contributed by atoms with E-state index in [9.17, 15) is 18.0 Å². The van der Waals surface area contributed by atoms with Crippen LogP contribution in [0.2, 0.25) is 5.02 Å². The Morgan fingerprint density at radius 1 is 1.22 bits per heavy atom. The molecule has 1 aromatic rings. The lowest BCUT2D eigenvalue weighted by molar-refractivity contribution is -0.122. The van der Waals surface area contributed by atoms with Crippen molar-refractivity contribution >= 4 is 33.4 Å². The topological polar surface area (TPSA) is 95.6 Å². The van der Waals surface area contributed by atoms with Gasteiger partial charge in [-0.25, -0.2) is 8.42 Å². The van der Waals surface area contributed by atoms with Gasteiger partial charge in [-0.05, 0) is 44.4 Å². The fraction of sp³-hybridized carbons (Fsp3) is 0.556. The number of carbonyl (C=O) groups is 2. The minimum absolute atomic E-state index is 0.0297. The second kappa shape index (κ2) is 9.52. The van der Waals surface area contributed by atoms with E-state index in [4.69, 9.17) is 11.6 Å². The van der Waals surface area contributed by atoms with Gasteiger partial charge >= 0.3 is 0 Å². The van der Waals surface area contributed by atoms with E-state index in [0.29, 0.717) is 19.6 Å². The molecule has 1 aliphatic rings. The van der Waals surface area contributed by atoms with Crippen LogP contribution in [0, 0.1) is 0 Å². The molecule has 1 aliphatic heterocycles. The van der Waals surface area contributed by atoms with E-state index in [2.05, 4.69) is 10.6 Å². The van der Waals surface area contributed by atoms with Crippen LogP contribution >= 0.6 is 11.6 Å². The minimum Gasteiger partial charge on any atom is -0.354 e. The number of carbonyl (C=O) groups excluding carboxylic acids is 2. The maximum atomic E-state index is 12.8. The van der Waals surface area contributed by atoms with Gasteiger partial charge in [-0.15, -0.1) is 0 Å². The van der Waals surface area contributed by atoms with Gasteiger partial charge in [0.15, 0.2) is 0 Å². The maximum absolute atomic E-state index is 12.8. The molecule has 2 N–H and O–H groups in total. The lowest BCUT2D eigenvalue weighted by atomic mass is 10.2. The summed E-state index contributed by atoms with van der Waals surface area (Å²) in [6, 6.07) is 3.32. The van der Waals surface area contributed by atoms with E-state index in [-0.39, 0.29) is 21.4 Å². The van der Waals surface area contributed by atoms with Gasteiger partial charge in [0.1, 0.15) is 6.04 Å². The average molecular weight is 416 g/mol. The molecule has 1 aromatic carbocycles. The van der Waals surface area contributed by atoms with Crippen molar-refractivity contribution in [3.05, 3.63) is 28.8 Å². The van der Waals surface area contributed by atoms with Crippen molar-refractivity contribution < 1.29 is 18.0 Å². The molecular weight excluding hydrogens is 390 g/mol. The molecule has 0 aliphatic carbocycles. The SMILES string of the molecule is CCCNC(=O)[C@@H](C)NC(=O)c1cc(S(=O)(=O)N2CCCCC2)ccc1Cl. The Balaban J connectivity index is 2.19. The number of halogens is 1. The average Bonchev–Trinajstić information content (AvgIpc) is 2.66. The van der Waals surface area contributed by atoms with E-state index in [1.54, 1.807) is 6.92 Å². The summed E-state index contributed by atoms with van der Waals surface area (Å²) in [6.07, 6.45) is 3.45. The molecule has 2 rings (SSSR count). The van der Waals surface area contributed by atoms with E-state index in [1.165, 1.54) is 22.5 Å². The molecule has 1 atom stereocenters. The standard InChI is InChI=1S/C18H26ClN3O4S/c1-3-9-20-17(23)13(2)21-18(24)15-12-14(7-8-16(15)19)27(25,26)22-10-5-4-6-11-22/h7-8,12-13H,3-6,9-11H2,1-2H3,(H,20,23)(H,21,24)/t13-/m1/s1. The summed E-state index contributed by atoms with van der Waals surface area (Å²) in [5, 5.41) is 5.38. The Labute approximate surface area is 165 Å². The smallest absolute Gasteiger partial charge is 0.253 e. The number of rotatable bonds is 7. The van der Waals surface area contributed by atoms with Crippen LogP contribution in [0.5, 0.6) is 0 Å². The molecule has 7 nitrogen and oxygen atoms in total. The summed E-state index contributed by atoms with van der Waals surface area (Å²) < 4.78 is 27.1. The van der Waals surface area contributed by atoms with Crippen molar-refractivity contribution in [1.82, 2.24) is 14.9 Å². The maximum Gasteiger partial charge on any atom is 0.253 e. The molecule has 0 radical (unpaired) electrons. The Morgan fingerprint density at radius 3 is 2.52 bits per heavy atom. The van der Waals surface area contributed by atoms with E-state index in [1.807, 2.05) is 6.92 Å². The van der Waals surface area contributed by atoms with E-state index < -0.39 is 22.0 Å². The highest BCUT2D eigenvalue weighted by Crippen LogP contribution is 2.25. The highest BCUT2D eigenvalue weighted by Gasteiger charge is 2.27. The lowest BCUT2D eigenvalue weighted by Crippen LogP contribution is -2.45. The number of sulfonamides is 1. The second-order valence-electron chi connectivity index (χ2n) is 6.59. The molecule has 0 saturated carbocycles. The summed E-state index contributed by atoms with van der Waals surface area (Å²) in [7, 11) is -3.68. The number of piperidine rings is 1. The third-order valence-electron chi connectivity index (χ3n) is 4.43. The van der Waals surface area contributed by atoms with Crippen LogP contribution in [0.4, 0.5) is 0 Å². The van der Waals surface area contributed by atoms with Crippen molar-refractivity contribution in [3.63, 3.8) is 0 Å². The van der Waals surface area contributed by atoms with Crippen LogP contribution < -0.4 is 10.6 Å². The largest absolute Gasteiger partial charge is 0.354 e. The van der Waals surface area contributed by atoms with Crippen molar-refractivity contribution in [1.29, 1.82) is 0 Å². The van der Waals surface area contributed by atoms with Gasteiger partial charge in [-0.1, -0.05) is 24.9 Å². The molecule has 0 unspecified atom stereocenters. The molecule has 0 aromatic heterocycles. The monoisotopic (exact) mass is 415 g/mol. The van der Waals surface area contributed by atoms with Crippen molar-refractivity contribution in [2.24, 2.45) is 0 Å². The van der Waals surface area contributed by atoms with Crippen molar-refractivity contribution in [2.45, 2.75) is 50.5 Å². The molecule has 27 heavy (non-hydrogen) atoms. The first-order valence-electron chi connectivity index (χ1n) is 9.15. The zero-order valence-electron chi connectivity index (χ0n) is 15.6. The predicted molar refractivity (Wildman–Crippen MR) is 104 cm³/mol. The first-order valence-corrected chi connectivity index (χ1v) is 11.0. The zero-order chi connectivity index (χ0) is 20.0. The fourth-order valence-electron chi connectivity index (χ4n) is 2.83. The quantitative estimate of drug-likeness (QED) is 0.713. The third-order valence-corrected chi connectivity index (χ3v) is 6.65. The minimum atomic E-state index is -3.68. The van der Waals surface area contributed by atoms with Crippen LogP contribution in [-0.2, 0) is 14.8 Å². The number of nitrogens with one attached hydrogen (secondary N) is 2. The first-order chi connectivity index (χ1) is 12.8. The summed E-state index contributed by atoms with van der Waals surface area (Å²) in [5.74, 6) is -0.895. The van der Waals surface area contributed by atoms with E-state index >= 15 is 0 Å². The van der Waals surface area contributed by atoms with Gasteiger partial charge in [-0.3, -0.25) is 9.59 Å². The Kier molecular flexibility index (Phi) is 7.64. The Morgan fingerprint density at radius 2 is 1.89 bits per heavy atom. The fourth-order valence-corrected chi connectivity index (χ4v) is 4.58. The summed E-state index contributed by atoms with van der Waals surface area (Å²) in [4.78, 5) is 24.5. The number of hydrogen-bond acceptors (Lipinski definition) is 4. The summed E-state index contributed by atoms with van der Waals surface area (Å²) >= 11 is 6.10. The third kappa shape index (κ3) is 5.43. The van der Waals surface area contributed by atoms with Crippen LogP contribution in [0.15, 0.2) is 23.1 Å². The van der Waals surface area contributed by atoms with Crippen molar-refractivity contribution in [3.8, 4) is 0 Å². The molecule has 9 heteroatoms. The van der Waals surface area contributed by atoms with Gasteiger partial charge in [0.2, 0.25) is 15.9 Å². The molecule has 2 amide bonds. The van der Waals surface area contributed by atoms with Crippen LogP contribution in [0.3, 0.4) is 0 Å². The van der Waals surface area contributed by atoms with Gasteiger partial charge in [0.25, 0.3) is 5.91 Å². The van der Waals surface area contributed by atoms with Gasteiger partial charge in [0, 0.05) is 19.6 Å². The number of hydrogen-bond donors (Lipinski definition) is 2. The van der Waals surface area contributed by atoms with Crippen LogP contribution in [0.1, 0.15) is 49.9 Å². The van der Waals surface area contributed by atoms with Crippen LogP contribution in [-0.4, -0.2) is 50.2 Å². The molecular formula is C18H26ClN3O4S. The van der Waals surface area contributed by atoms with E-state index in [0.717, 1.165) is 25.7 Å². The van der Waals surface area contributed by atoms with Gasteiger partial charge < -0.3 is 10.6 Å². The predicted octanol–water partition coefficient (Wildman–Crippen LogP) is 2.16. The van der Waals surface area contributed by atoms with Crippen molar-refractivity contribution in [2.75, 3.05) is 19.6 Å². The number of nitrogens with zero attached hydrogens (tertiary/aromatic N) is 1. The Hall–Kier alpha value is -1.64. The number of amides is 2. The first kappa shape index (κ1) is 21.7. The normalized spacial score (nSPS) is 16.6. The highest BCUT2D eigenvalue weighted by molar-refractivity contribution is 7.89. The second-order valence-corrected chi connectivity index (χ2v) is 8.94.